The van der Waals surface area contributed by atoms with Crippen LogP contribution in [0.5, 0.6) is 17.2 Å². The van der Waals surface area contributed by atoms with Gasteiger partial charge in [-0.1, -0.05) is 0 Å². The third-order valence-corrected chi connectivity index (χ3v) is 5.03. The molecule has 1 aromatic carbocycles. The molecule has 3 aliphatic rings. The van der Waals surface area contributed by atoms with Crippen molar-refractivity contribution in [2.75, 3.05) is 40.0 Å². The fourth-order valence-corrected chi connectivity index (χ4v) is 3.65. The van der Waals surface area contributed by atoms with Gasteiger partial charge in [0.15, 0.2) is 11.5 Å². The van der Waals surface area contributed by atoms with Gasteiger partial charge in [-0.3, -0.25) is 0 Å². The van der Waals surface area contributed by atoms with Crippen molar-refractivity contribution in [2.45, 2.75) is 31.8 Å². The molecule has 0 aromatic heterocycles. The van der Waals surface area contributed by atoms with Crippen LogP contribution in [0.3, 0.4) is 0 Å². The molecule has 5 nitrogen and oxygen atoms in total. The highest BCUT2D eigenvalue weighted by molar-refractivity contribution is 5.54. The van der Waals surface area contributed by atoms with Gasteiger partial charge >= 0.3 is 0 Å². The van der Waals surface area contributed by atoms with Gasteiger partial charge in [0.2, 0.25) is 5.75 Å². The summed E-state index contributed by atoms with van der Waals surface area (Å²) in [6, 6.07) is 5.02. The van der Waals surface area contributed by atoms with E-state index in [1.807, 2.05) is 6.07 Å². The zero-order chi connectivity index (χ0) is 15.6. The van der Waals surface area contributed by atoms with Crippen molar-refractivity contribution in [1.29, 1.82) is 0 Å². The SMILES string of the molecule is COc1cc(CNC[C@@H]2CCN(C3CC3)C2)cc2c1OCCO2. The summed E-state index contributed by atoms with van der Waals surface area (Å²) in [4.78, 5) is 2.67. The Bertz CT molecular complexity index is 542. The van der Waals surface area contributed by atoms with Crippen molar-refractivity contribution in [3.8, 4) is 17.2 Å². The Hall–Kier alpha value is -1.46. The summed E-state index contributed by atoms with van der Waals surface area (Å²) < 4.78 is 16.8. The van der Waals surface area contributed by atoms with E-state index in [2.05, 4.69) is 16.3 Å². The van der Waals surface area contributed by atoms with Gasteiger partial charge in [-0.25, -0.2) is 0 Å². The van der Waals surface area contributed by atoms with E-state index in [1.165, 1.54) is 37.9 Å². The van der Waals surface area contributed by atoms with Crippen LogP contribution in [0, 0.1) is 5.92 Å². The minimum Gasteiger partial charge on any atom is -0.493 e. The molecule has 1 aliphatic carbocycles. The number of fused-ring (bicyclic) bond motifs is 1. The van der Waals surface area contributed by atoms with Gasteiger partial charge in [-0.15, -0.1) is 0 Å². The number of benzene rings is 1. The maximum absolute atomic E-state index is 5.69. The number of hydrogen-bond acceptors (Lipinski definition) is 5. The van der Waals surface area contributed by atoms with E-state index < -0.39 is 0 Å². The predicted octanol–water partition coefficient (Wildman–Crippen LogP) is 2.04. The average molecular weight is 318 g/mol. The normalized spacial score (nSPS) is 24.0. The molecular formula is C18H26N2O3. The van der Waals surface area contributed by atoms with Gasteiger partial charge in [-0.05, 0) is 56.0 Å². The van der Waals surface area contributed by atoms with E-state index in [0.717, 1.165) is 42.3 Å². The zero-order valence-corrected chi connectivity index (χ0v) is 13.8. The zero-order valence-electron chi connectivity index (χ0n) is 13.8. The molecule has 126 valence electrons. The van der Waals surface area contributed by atoms with Crippen LogP contribution in [0.15, 0.2) is 12.1 Å². The maximum Gasteiger partial charge on any atom is 0.203 e. The van der Waals surface area contributed by atoms with Crippen molar-refractivity contribution < 1.29 is 14.2 Å². The monoisotopic (exact) mass is 318 g/mol. The molecule has 5 heteroatoms. The van der Waals surface area contributed by atoms with Crippen molar-refractivity contribution >= 4 is 0 Å². The number of methoxy groups -OCH3 is 1. The van der Waals surface area contributed by atoms with Crippen LogP contribution in [0.4, 0.5) is 0 Å². The number of ether oxygens (including phenoxy) is 3. The van der Waals surface area contributed by atoms with Crippen molar-refractivity contribution in [2.24, 2.45) is 5.92 Å². The third-order valence-electron chi connectivity index (χ3n) is 5.03. The second kappa shape index (κ2) is 6.57. The highest BCUT2D eigenvalue weighted by atomic mass is 16.6. The lowest BCUT2D eigenvalue weighted by Crippen LogP contribution is -2.27. The van der Waals surface area contributed by atoms with E-state index >= 15 is 0 Å². The molecule has 4 rings (SSSR count). The van der Waals surface area contributed by atoms with Crippen LogP contribution in [-0.4, -0.2) is 50.9 Å². The largest absolute Gasteiger partial charge is 0.493 e. The van der Waals surface area contributed by atoms with Crippen LogP contribution >= 0.6 is 0 Å². The Balaban J connectivity index is 1.32. The van der Waals surface area contributed by atoms with Crippen molar-refractivity contribution in [1.82, 2.24) is 10.2 Å². The number of likely N-dealkylation sites (tertiary alicyclic amines) is 1. The predicted molar refractivity (Wildman–Crippen MR) is 88.4 cm³/mol. The minimum atomic E-state index is 0.583. The fraction of sp³-hybridized carbons (Fsp3) is 0.667. The molecule has 23 heavy (non-hydrogen) atoms. The van der Waals surface area contributed by atoms with Gasteiger partial charge in [0.05, 0.1) is 7.11 Å². The molecule has 2 heterocycles. The molecule has 0 amide bonds. The Morgan fingerprint density at radius 2 is 2.09 bits per heavy atom. The van der Waals surface area contributed by atoms with E-state index in [9.17, 15) is 0 Å². The Morgan fingerprint density at radius 1 is 1.22 bits per heavy atom. The molecule has 2 fully saturated rings. The number of hydrogen-bond donors (Lipinski definition) is 1. The van der Waals surface area contributed by atoms with Crippen molar-refractivity contribution in [3.05, 3.63) is 17.7 Å². The molecule has 0 radical (unpaired) electrons. The molecule has 1 aromatic rings. The van der Waals surface area contributed by atoms with E-state index in [0.29, 0.717) is 13.2 Å². The molecule has 0 spiro atoms. The number of rotatable bonds is 6. The molecule has 0 unspecified atom stereocenters. The number of nitrogens with zero attached hydrogens (tertiary/aromatic N) is 1. The first-order chi connectivity index (χ1) is 11.3. The Labute approximate surface area is 137 Å². The summed E-state index contributed by atoms with van der Waals surface area (Å²) >= 11 is 0. The van der Waals surface area contributed by atoms with Crippen LogP contribution < -0.4 is 19.5 Å². The van der Waals surface area contributed by atoms with Crippen LogP contribution in [0.2, 0.25) is 0 Å². The third kappa shape index (κ3) is 3.40. The standard InChI is InChI=1S/C18H26N2O3/c1-21-16-8-14(9-17-18(16)23-7-6-22-17)11-19-10-13-4-5-20(12-13)15-2-3-15/h8-9,13,15,19H,2-7,10-12H2,1H3/t13-/m0/s1. The summed E-state index contributed by atoms with van der Waals surface area (Å²) in [7, 11) is 1.68. The molecule has 1 saturated carbocycles. The van der Waals surface area contributed by atoms with Crippen LogP contribution in [0.25, 0.3) is 0 Å². The first-order valence-electron chi connectivity index (χ1n) is 8.75. The van der Waals surface area contributed by atoms with Gasteiger partial charge in [-0.2, -0.15) is 0 Å². The summed E-state index contributed by atoms with van der Waals surface area (Å²) in [6.07, 6.45) is 4.15. The van der Waals surface area contributed by atoms with Crippen LogP contribution in [0.1, 0.15) is 24.8 Å². The van der Waals surface area contributed by atoms with Gasteiger partial charge in [0, 0.05) is 19.1 Å². The summed E-state index contributed by atoms with van der Waals surface area (Å²) in [5, 5.41) is 3.60. The number of nitrogens with one attached hydrogen (secondary N) is 1. The fourth-order valence-electron chi connectivity index (χ4n) is 3.65. The lowest BCUT2D eigenvalue weighted by molar-refractivity contribution is 0.165. The summed E-state index contributed by atoms with van der Waals surface area (Å²) in [6.45, 7) is 5.66. The highest BCUT2D eigenvalue weighted by Crippen LogP contribution is 2.40. The first-order valence-corrected chi connectivity index (χ1v) is 8.75. The smallest absolute Gasteiger partial charge is 0.203 e. The molecule has 1 atom stereocenters. The Kier molecular flexibility index (Phi) is 4.31. The lowest BCUT2D eigenvalue weighted by atomic mass is 10.1. The second-order valence-electron chi connectivity index (χ2n) is 6.83. The van der Waals surface area contributed by atoms with E-state index in [-0.39, 0.29) is 0 Å². The first kappa shape index (κ1) is 15.1. The molecule has 0 bridgehead atoms. The lowest BCUT2D eigenvalue weighted by Gasteiger charge is -2.21. The highest BCUT2D eigenvalue weighted by Gasteiger charge is 2.34. The van der Waals surface area contributed by atoms with Gasteiger partial charge in [0.1, 0.15) is 13.2 Å². The van der Waals surface area contributed by atoms with Gasteiger partial charge in [0.25, 0.3) is 0 Å². The Morgan fingerprint density at radius 3 is 2.91 bits per heavy atom. The summed E-state index contributed by atoms with van der Waals surface area (Å²) in [5.41, 5.74) is 1.18. The summed E-state index contributed by atoms with van der Waals surface area (Å²) in [5.74, 6) is 3.08. The molecule has 2 aliphatic heterocycles. The minimum absolute atomic E-state index is 0.583. The maximum atomic E-state index is 5.69. The second-order valence-corrected chi connectivity index (χ2v) is 6.83. The molecule has 1 N–H and O–H groups in total. The topological polar surface area (TPSA) is 43.0 Å². The molecule has 1 saturated heterocycles. The van der Waals surface area contributed by atoms with Crippen LogP contribution in [-0.2, 0) is 6.54 Å². The van der Waals surface area contributed by atoms with Crippen molar-refractivity contribution in [3.63, 3.8) is 0 Å². The average Bonchev–Trinajstić information content (AvgIpc) is 3.33. The molecular weight excluding hydrogens is 292 g/mol. The quantitative estimate of drug-likeness (QED) is 0.869. The van der Waals surface area contributed by atoms with E-state index in [1.54, 1.807) is 7.11 Å². The van der Waals surface area contributed by atoms with Gasteiger partial charge < -0.3 is 24.4 Å². The van der Waals surface area contributed by atoms with E-state index in [4.69, 9.17) is 14.2 Å².